The first-order chi connectivity index (χ1) is 11.5. The third-order valence-corrected chi connectivity index (χ3v) is 8.52. The first-order valence-electron chi connectivity index (χ1n) is 7.09. The molecule has 9 nitrogen and oxygen atoms in total. The number of hydrogen-bond donors (Lipinski definition) is 6. The summed E-state index contributed by atoms with van der Waals surface area (Å²) in [7, 11) is -10.9. The van der Waals surface area contributed by atoms with Crippen LogP contribution in [0.25, 0.3) is 0 Å². The predicted molar refractivity (Wildman–Crippen MR) is 92.6 cm³/mol. The van der Waals surface area contributed by atoms with Gasteiger partial charge >= 0.3 is 20.3 Å². The number of nitrogens with one attached hydrogen (secondary N) is 1. The van der Waals surface area contributed by atoms with Crippen LogP contribution in [0.4, 0.5) is 10.8 Å². The van der Waals surface area contributed by atoms with Gasteiger partial charge in [0.05, 0.1) is 6.54 Å². The number of aromatic nitrogens is 1. The average molecular weight is 409 g/mol. The van der Waals surface area contributed by atoms with Gasteiger partial charge in [0.15, 0.2) is 0 Å². The van der Waals surface area contributed by atoms with Gasteiger partial charge in [-0.2, -0.15) is 0 Å². The second-order valence-electron chi connectivity index (χ2n) is 5.44. The van der Waals surface area contributed by atoms with E-state index < -0.39 is 26.7 Å². The van der Waals surface area contributed by atoms with E-state index in [4.69, 9.17) is 0 Å². The number of anilines is 2. The molecule has 1 aromatic carbocycles. The van der Waals surface area contributed by atoms with Gasteiger partial charge in [-0.1, -0.05) is 29.5 Å². The molecule has 25 heavy (non-hydrogen) atoms. The summed E-state index contributed by atoms with van der Waals surface area (Å²) < 4.78 is 24.5. The highest BCUT2D eigenvalue weighted by atomic mass is 32.1. The number of nitrogens with zero attached hydrogens (tertiary/aromatic N) is 1. The van der Waals surface area contributed by atoms with E-state index in [1.165, 1.54) is 11.3 Å². The number of rotatable bonds is 7. The van der Waals surface area contributed by atoms with Crippen LogP contribution >= 0.6 is 26.5 Å². The predicted octanol–water partition coefficient (Wildman–Crippen LogP) is 1.48. The van der Waals surface area contributed by atoms with E-state index in [1.807, 2.05) is 30.3 Å². The Morgan fingerprint density at radius 1 is 1.12 bits per heavy atom. The first kappa shape index (κ1) is 20.2. The smallest absolute Gasteiger partial charge is 0.367 e. The number of benzene rings is 1. The van der Waals surface area contributed by atoms with E-state index in [1.54, 1.807) is 16.9 Å². The van der Waals surface area contributed by atoms with Gasteiger partial charge in [-0.15, -0.1) is 0 Å². The van der Waals surface area contributed by atoms with E-state index in [2.05, 4.69) is 5.32 Å². The van der Waals surface area contributed by atoms with Gasteiger partial charge < -0.3 is 24.7 Å². The molecule has 0 bridgehead atoms. The Labute approximate surface area is 147 Å². The van der Waals surface area contributed by atoms with E-state index in [-0.39, 0.29) is 6.54 Å². The van der Waals surface area contributed by atoms with Crippen LogP contribution in [-0.2, 0) is 15.7 Å². The van der Waals surface area contributed by atoms with Gasteiger partial charge in [-0.3, -0.25) is 9.13 Å². The maximum atomic E-state index is 11.5. The topological polar surface area (TPSA) is 151 Å². The van der Waals surface area contributed by atoms with Gasteiger partial charge in [-0.25, -0.2) is 9.88 Å². The molecule has 138 valence electrons. The summed E-state index contributed by atoms with van der Waals surface area (Å²) in [4.78, 5) is 36.9. The summed E-state index contributed by atoms with van der Waals surface area (Å²) in [6.45, 7) is 1.54. The molecule has 1 heterocycles. The minimum absolute atomic E-state index is 0.197. The molecule has 0 amide bonds. The second-order valence-corrected chi connectivity index (χ2v) is 10.3. The summed E-state index contributed by atoms with van der Waals surface area (Å²) in [5, 5.41) is 12.1. The highest BCUT2D eigenvalue weighted by Gasteiger charge is 2.59. The summed E-state index contributed by atoms with van der Waals surface area (Å²) in [6, 6.07) is 9.14. The fourth-order valence-corrected chi connectivity index (χ4v) is 5.26. The Kier molecular flexibility index (Phi) is 5.88. The van der Waals surface area contributed by atoms with E-state index in [0.29, 0.717) is 10.8 Å². The Balaban J connectivity index is 2.27. The van der Waals surface area contributed by atoms with Crippen molar-refractivity contribution in [3.05, 3.63) is 41.4 Å². The minimum Gasteiger partial charge on any atom is -0.367 e. The van der Waals surface area contributed by atoms with Crippen molar-refractivity contribution in [3.63, 3.8) is 0 Å². The molecule has 12 heteroatoms. The third kappa shape index (κ3) is 4.36. The molecule has 0 unspecified atom stereocenters. The molecule has 2 aromatic rings. The van der Waals surface area contributed by atoms with Crippen molar-refractivity contribution in [1.29, 1.82) is 0 Å². The quantitative estimate of drug-likeness (QED) is 0.297. The van der Waals surface area contributed by atoms with Crippen LogP contribution in [0.1, 0.15) is 12.1 Å². The molecule has 2 rings (SSSR count). The first-order valence-corrected chi connectivity index (χ1v) is 11.2. The van der Waals surface area contributed by atoms with Crippen LogP contribution < -0.4 is 9.88 Å². The lowest BCUT2D eigenvalue weighted by Crippen LogP contribution is -2.41. The molecule has 0 saturated carbocycles. The van der Waals surface area contributed by atoms with Crippen LogP contribution in [0.2, 0.25) is 0 Å². The molecule has 0 radical (unpaired) electrons. The number of thiazole rings is 1. The zero-order valence-electron chi connectivity index (χ0n) is 13.2. The molecule has 0 fully saturated rings. The fourth-order valence-electron chi connectivity index (χ4n) is 2.17. The van der Waals surface area contributed by atoms with Crippen molar-refractivity contribution in [2.45, 2.75) is 25.0 Å². The van der Waals surface area contributed by atoms with Crippen LogP contribution in [0, 0.1) is 6.92 Å². The SMILES string of the molecule is Cc1csc(Nc2ccccc2)[n+]1CCC(O)(P(=O)(O)O)P(=O)(O)O. The molecule has 0 spiro atoms. The third-order valence-electron chi connectivity index (χ3n) is 3.64. The molecule has 6 N–H and O–H groups in total. The van der Waals surface area contributed by atoms with Crippen molar-refractivity contribution >= 4 is 37.3 Å². The van der Waals surface area contributed by atoms with Gasteiger partial charge in [0, 0.05) is 11.8 Å². The number of aryl methyl sites for hydroxylation is 1. The van der Waals surface area contributed by atoms with Gasteiger partial charge in [0.25, 0.3) is 5.08 Å². The summed E-state index contributed by atoms with van der Waals surface area (Å²) in [6.07, 6.45) is -0.812. The molecule has 0 saturated heterocycles. The van der Waals surface area contributed by atoms with Crippen molar-refractivity contribution in [2.24, 2.45) is 0 Å². The Bertz CT molecular complexity index is 808. The molecular weight excluding hydrogens is 390 g/mol. The van der Waals surface area contributed by atoms with Crippen LogP contribution in [0.15, 0.2) is 35.7 Å². The van der Waals surface area contributed by atoms with Crippen molar-refractivity contribution < 1.29 is 38.4 Å². The Morgan fingerprint density at radius 2 is 1.68 bits per heavy atom. The van der Waals surface area contributed by atoms with E-state index in [9.17, 15) is 33.8 Å². The van der Waals surface area contributed by atoms with Gasteiger partial charge in [0.1, 0.15) is 11.4 Å². The average Bonchev–Trinajstić information content (AvgIpc) is 2.84. The van der Waals surface area contributed by atoms with Gasteiger partial charge in [-0.05, 0) is 19.1 Å². The van der Waals surface area contributed by atoms with Crippen molar-refractivity contribution in [1.82, 2.24) is 0 Å². The van der Waals surface area contributed by atoms with E-state index in [0.717, 1.165) is 5.69 Å². The maximum Gasteiger partial charge on any atom is 0.369 e. The van der Waals surface area contributed by atoms with Crippen molar-refractivity contribution in [3.8, 4) is 0 Å². The summed E-state index contributed by atoms with van der Waals surface area (Å²) >= 11 is 1.32. The number of aliphatic hydroxyl groups is 1. The Morgan fingerprint density at radius 3 is 2.20 bits per heavy atom. The van der Waals surface area contributed by atoms with Gasteiger partial charge in [0.2, 0.25) is 0 Å². The van der Waals surface area contributed by atoms with Crippen LogP contribution in [0.3, 0.4) is 0 Å². The highest BCUT2D eigenvalue weighted by Crippen LogP contribution is 2.68. The lowest BCUT2D eigenvalue weighted by atomic mass is 10.3. The normalized spacial score (nSPS) is 13.0. The van der Waals surface area contributed by atoms with Crippen LogP contribution in [-0.4, -0.2) is 29.8 Å². The monoisotopic (exact) mass is 409 g/mol. The lowest BCUT2D eigenvalue weighted by molar-refractivity contribution is -0.686. The number of hydrogen-bond acceptors (Lipinski definition) is 5. The molecule has 0 aliphatic rings. The summed E-state index contributed by atoms with van der Waals surface area (Å²) in [5.74, 6) is 0. The molecule has 0 aliphatic heterocycles. The zero-order chi connectivity index (χ0) is 18.9. The standard InChI is InChI=1S/C13H18N2O7P2S/c1-10-9-25-12(14-11-5-3-2-4-6-11)15(10)8-7-13(16,23(17,18)19)24(20,21)22/h2-6,9,16H,7-8H2,1H3,(H4,17,18,19,20,21,22)/p+1. The molecule has 0 aliphatic carbocycles. The fraction of sp³-hybridized carbons (Fsp3) is 0.308. The maximum absolute atomic E-state index is 11.5. The lowest BCUT2D eigenvalue weighted by Gasteiger charge is -2.28. The molecular formula is C13H19N2O7P2S+. The number of para-hydroxylation sites is 1. The second kappa shape index (κ2) is 7.26. The minimum atomic E-state index is -5.46. The Hall–Kier alpha value is -1.09. The zero-order valence-corrected chi connectivity index (χ0v) is 15.8. The van der Waals surface area contributed by atoms with Crippen molar-refractivity contribution in [2.75, 3.05) is 5.32 Å². The largest absolute Gasteiger partial charge is 0.369 e. The van der Waals surface area contributed by atoms with E-state index >= 15 is 0 Å². The summed E-state index contributed by atoms with van der Waals surface area (Å²) in [5.41, 5.74) is 1.49. The molecule has 0 atom stereocenters. The molecule has 1 aromatic heterocycles. The highest BCUT2D eigenvalue weighted by molar-refractivity contribution is 7.72. The van der Waals surface area contributed by atoms with Crippen LogP contribution in [0.5, 0.6) is 0 Å².